The number of hydrogen-bond acceptors (Lipinski definition) is 2. The van der Waals surface area contributed by atoms with Gasteiger partial charge in [0.1, 0.15) is 0 Å². The first-order chi connectivity index (χ1) is 4.75. The van der Waals surface area contributed by atoms with Gasteiger partial charge in [0.15, 0.2) is 0 Å². The van der Waals surface area contributed by atoms with Crippen LogP contribution in [-0.4, -0.2) is 30.8 Å². The van der Waals surface area contributed by atoms with E-state index < -0.39 is 14.0 Å². The lowest BCUT2D eigenvalue weighted by Gasteiger charge is -2.41. The summed E-state index contributed by atoms with van der Waals surface area (Å²) in [7, 11) is -1.22. The molecule has 0 aromatic heterocycles. The number of aliphatic hydroxyl groups is 2. The fourth-order valence-corrected chi connectivity index (χ4v) is 3.38. The van der Waals surface area contributed by atoms with Gasteiger partial charge in [-0.3, -0.25) is 0 Å². The minimum absolute atomic E-state index is 0.111. The summed E-state index contributed by atoms with van der Waals surface area (Å²) in [5.41, 5.74) is -0.206. The van der Waals surface area contributed by atoms with E-state index in [1.165, 1.54) is 0 Å². The second-order valence-electron chi connectivity index (χ2n) is 4.49. The van der Waals surface area contributed by atoms with E-state index >= 15 is 0 Å². The molecule has 0 saturated heterocycles. The summed E-state index contributed by atoms with van der Waals surface area (Å²) in [4.78, 5) is 0. The average molecular weight is 176 g/mol. The van der Waals surface area contributed by atoms with Gasteiger partial charge in [-0.05, 0) is 5.41 Å². The van der Waals surface area contributed by atoms with Gasteiger partial charge in [-0.15, -0.1) is 0 Å². The fraction of sp³-hybridized carbons (Fsp3) is 1.00. The molecule has 0 aromatic rings. The van der Waals surface area contributed by atoms with Crippen LogP contribution in [0.2, 0.25) is 13.1 Å². The third-order valence-corrected chi connectivity index (χ3v) is 5.45. The standard InChI is InChI=1S/C8H20O2Si/c1-7(2,3)8(10,6-9)11(4)5/h9-11H,6H2,1-5H3. The summed E-state index contributed by atoms with van der Waals surface area (Å²) in [6.45, 7) is 9.91. The van der Waals surface area contributed by atoms with E-state index in [4.69, 9.17) is 5.11 Å². The van der Waals surface area contributed by atoms with Crippen LogP contribution in [0.4, 0.5) is 0 Å². The molecule has 1 atom stereocenters. The van der Waals surface area contributed by atoms with E-state index in [9.17, 15) is 5.11 Å². The molecule has 11 heavy (non-hydrogen) atoms. The van der Waals surface area contributed by atoms with Gasteiger partial charge in [0.2, 0.25) is 0 Å². The number of rotatable bonds is 2. The zero-order valence-electron chi connectivity index (χ0n) is 8.18. The van der Waals surface area contributed by atoms with Crippen LogP contribution in [0, 0.1) is 5.41 Å². The van der Waals surface area contributed by atoms with Gasteiger partial charge in [0.05, 0.1) is 20.6 Å². The molecule has 0 spiro atoms. The highest BCUT2D eigenvalue weighted by Crippen LogP contribution is 2.31. The first-order valence-electron chi connectivity index (χ1n) is 4.09. The average Bonchev–Trinajstić information content (AvgIpc) is 1.83. The summed E-state index contributed by atoms with van der Waals surface area (Å²) < 4.78 is 0. The van der Waals surface area contributed by atoms with Gasteiger partial charge in [-0.25, -0.2) is 0 Å². The monoisotopic (exact) mass is 176 g/mol. The largest absolute Gasteiger partial charge is 0.394 e. The Morgan fingerprint density at radius 1 is 1.18 bits per heavy atom. The predicted octanol–water partition coefficient (Wildman–Crippen LogP) is 0.782. The Bertz CT molecular complexity index is 129. The topological polar surface area (TPSA) is 40.5 Å². The third kappa shape index (κ3) is 2.04. The van der Waals surface area contributed by atoms with Gasteiger partial charge < -0.3 is 10.2 Å². The fourth-order valence-electron chi connectivity index (χ4n) is 1.29. The molecule has 0 aliphatic carbocycles. The van der Waals surface area contributed by atoms with Crippen molar-refractivity contribution in [2.75, 3.05) is 6.61 Å². The Hall–Kier alpha value is 0.137. The van der Waals surface area contributed by atoms with Crippen LogP contribution in [0.5, 0.6) is 0 Å². The first kappa shape index (κ1) is 11.1. The molecule has 0 bridgehead atoms. The van der Waals surface area contributed by atoms with E-state index in [0.717, 1.165) is 0 Å². The van der Waals surface area contributed by atoms with Crippen molar-refractivity contribution in [3.63, 3.8) is 0 Å². The second kappa shape index (κ2) is 3.25. The van der Waals surface area contributed by atoms with Crippen molar-refractivity contribution in [3.05, 3.63) is 0 Å². The van der Waals surface area contributed by atoms with E-state index in [1.807, 2.05) is 20.8 Å². The van der Waals surface area contributed by atoms with Crippen LogP contribution in [0.15, 0.2) is 0 Å². The Morgan fingerprint density at radius 3 is 1.55 bits per heavy atom. The van der Waals surface area contributed by atoms with Crippen LogP contribution in [0.1, 0.15) is 20.8 Å². The Morgan fingerprint density at radius 2 is 1.55 bits per heavy atom. The molecule has 3 heteroatoms. The highest BCUT2D eigenvalue weighted by molar-refractivity contribution is 6.59. The number of aliphatic hydroxyl groups excluding tert-OH is 1. The minimum atomic E-state index is -1.22. The molecule has 0 aliphatic heterocycles. The molecule has 0 rings (SSSR count). The van der Waals surface area contributed by atoms with E-state index in [1.54, 1.807) is 0 Å². The summed E-state index contributed by atoms with van der Waals surface area (Å²) in [6, 6.07) is 0. The molecular weight excluding hydrogens is 156 g/mol. The highest BCUT2D eigenvalue weighted by atomic mass is 28.3. The Labute approximate surface area is 70.9 Å². The normalized spacial score (nSPS) is 18.5. The van der Waals surface area contributed by atoms with Crippen molar-refractivity contribution in [1.29, 1.82) is 0 Å². The molecule has 0 radical (unpaired) electrons. The molecule has 0 aromatic carbocycles. The predicted molar refractivity (Wildman–Crippen MR) is 50.4 cm³/mol. The van der Waals surface area contributed by atoms with Crippen LogP contribution in [0.3, 0.4) is 0 Å². The van der Waals surface area contributed by atoms with E-state index in [0.29, 0.717) is 0 Å². The van der Waals surface area contributed by atoms with Gasteiger partial charge in [0.25, 0.3) is 0 Å². The molecule has 2 nitrogen and oxygen atoms in total. The Balaban J connectivity index is 4.61. The van der Waals surface area contributed by atoms with Crippen molar-refractivity contribution in [2.45, 2.75) is 39.1 Å². The highest BCUT2D eigenvalue weighted by Gasteiger charge is 2.42. The molecule has 0 aliphatic rings. The minimum Gasteiger partial charge on any atom is -0.394 e. The SMILES string of the molecule is C[SiH](C)C(O)(CO)C(C)(C)C. The summed E-state index contributed by atoms with van der Waals surface area (Å²) >= 11 is 0. The first-order valence-corrected chi connectivity index (χ1v) is 6.97. The molecular formula is C8H20O2Si. The molecule has 0 amide bonds. The quantitative estimate of drug-likeness (QED) is 0.611. The van der Waals surface area contributed by atoms with Crippen LogP contribution >= 0.6 is 0 Å². The maximum absolute atomic E-state index is 10.0. The van der Waals surface area contributed by atoms with Crippen LogP contribution in [0.25, 0.3) is 0 Å². The lowest BCUT2D eigenvalue weighted by Crippen LogP contribution is -2.55. The van der Waals surface area contributed by atoms with Gasteiger partial charge >= 0.3 is 0 Å². The second-order valence-corrected chi connectivity index (χ2v) is 7.75. The molecule has 0 heterocycles. The van der Waals surface area contributed by atoms with Crippen molar-refractivity contribution in [2.24, 2.45) is 5.41 Å². The summed E-state index contributed by atoms with van der Waals surface area (Å²) in [6.07, 6.45) is 0. The van der Waals surface area contributed by atoms with Crippen LogP contribution < -0.4 is 0 Å². The zero-order valence-corrected chi connectivity index (χ0v) is 9.33. The molecule has 0 fully saturated rings. The Kier molecular flexibility index (Phi) is 3.29. The van der Waals surface area contributed by atoms with E-state index in [-0.39, 0.29) is 12.0 Å². The maximum Gasteiger partial charge on any atom is 0.0785 e. The third-order valence-electron chi connectivity index (χ3n) is 2.49. The lowest BCUT2D eigenvalue weighted by atomic mass is 9.89. The van der Waals surface area contributed by atoms with Crippen molar-refractivity contribution >= 4 is 8.80 Å². The van der Waals surface area contributed by atoms with Crippen molar-refractivity contribution in [1.82, 2.24) is 0 Å². The smallest absolute Gasteiger partial charge is 0.0785 e. The van der Waals surface area contributed by atoms with Crippen molar-refractivity contribution < 1.29 is 10.2 Å². The number of hydrogen-bond donors (Lipinski definition) is 2. The molecule has 68 valence electrons. The van der Waals surface area contributed by atoms with Crippen molar-refractivity contribution in [3.8, 4) is 0 Å². The molecule has 2 N–H and O–H groups in total. The maximum atomic E-state index is 10.0. The molecule has 0 saturated carbocycles. The van der Waals surface area contributed by atoms with E-state index in [2.05, 4.69) is 13.1 Å². The van der Waals surface area contributed by atoms with Gasteiger partial charge in [-0.1, -0.05) is 33.9 Å². The zero-order chi connectivity index (χ0) is 9.28. The molecule has 1 unspecified atom stereocenters. The summed E-state index contributed by atoms with van der Waals surface area (Å²) in [5, 5.41) is 18.3. The van der Waals surface area contributed by atoms with Gasteiger partial charge in [-0.2, -0.15) is 0 Å². The van der Waals surface area contributed by atoms with Crippen LogP contribution in [-0.2, 0) is 0 Å². The van der Waals surface area contributed by atoms with Gasteiger partial charge in [0, 0.05) is 0 Å². The lowest BCUT2D eigenvalue weighted by molar-refractivity contribution is -0.0317. The summed E-state index contributed by atoms with van der Waals surface area (Å²) in [5.74, 6) is 0.